The Morgan fingerprint density at radius 2 is 1.55 bits per heavy atom. The normalized spacial score (nSPS) is 12.7. The third-order valence-corrected chi connectivity index (χ3v) is 5.08. The van der Waals surface area contributed by atoms with Gasteiger partial charge in [0.15, 0.2) is 0 Å². The number of fused-ring (bicyclic) bond motifs is 1. The SMILES string of the molecule is O=C(CN1C(=O)c2ccccc2C1=O)NCCn1nc(-c2ccc(Cl)cc2)ccc1=O. The lowest BCUT2D eigenvalue weighted by atomic mass is 10.1. The van der Waals surface area contributed by atoms with E-state index in [1.165, 1.54) is 10.7 Å². The van der Waals surface area contributed by atoms with E-state index >= 15 is 0 Å². The van der Waals surface area contributed by atoms with E-state index in [0.29, 0.717) is 10.7 Å². The van der Waals surface area contributed by atoms with Gasteiger partial charge in [0.2, 0.25) is 5.91 Å². The Labute approximate surface area is 182 Å². The number of imide groups is 1. The third-order valence-electron chi connectivity index (χ3n) is 4.83. The van der Waals surface area contributed by atoms with Gasteiger partial charge in [-0.3, -0.25) is 24.1 Å². The van der Waals surface area contributed by atoms with Crippen molar-refractivity contribution in [3.05, 3.63) is 87.2 Å². The Hall–Kier alpha value is -3.78. The summed E-state index contributed by atoms with van der Waals surface area (Å²) in [4.78, 5) is 49.9. The van der Waals surface area contributed by atoms with Crippen molar-refractivity contribution < 1.29 is 14.4 Å². The van der Waals surface area contributed by atoms with Gasteiger partial charge in [0.05, 0.1) is 23.4 Å². The van der Waals surface area contributed by atoms with Crippen LogP contribution in [-0.4, -0.2) is 45.5 Å². The standard InChI is InChI=1S/C22H17ClN4O4/c23-15-7-5-14(6-8-15)18-9-10-20(29)27(25-18)12-11-24-19(28)13-26-21(30)16-3-1-2-4-17(16)22(26)31/h1-10H,11-13H2,(H,24,28). The summed E-state index contributed by atoms with van der Waals surface area (Å²) in [5.74, 6) is -1.50. The first-order valence-electron chi connectivity index (χ1n) is 9.50. The maximum absolute atomic E-state index is 12.3. The molecule has 0 bridgehead atoms. The van der Waals surface area contributed by atoms with Gasteiger partial charge in [0, 0.05) is 23.2 Å². The van der Waals surface area contributed by atoms with Gasteiger partial charge in [0.1, 0.15) is 6.54 Å². The first-order valence-corrected chi connectivity index (χ1v) is 9.88. The van der Waals surface area contributed by atoms with Gasteiger partial charge in [-0.25, -0.2) is 4.68 Å². The van der Waals surface area contributed by atoms with Crippen molar-refractivity contribution in [2.75, 3.05) is 13.1 Å². The molecule has 8 nitrogen and oxygen atoms in total. The molecule has 1 aromatic heterocycles. The molecular formula is C22H17ClN4O4. The predicted molar refractivity (Wildman–Crippen MR) is 114 cm³/mol. The number of halogens is 1. The van der Waals surface area contributed by atoms with Crippen molar-refractivity contribution in [2.45, 2.75) is 6.54 Å². The molecule has 0 atom stereocenters. The first-order chi connectivity index (χ1) is 14.9. The summed E-state index contributed by atoms with van der Waals surface area (Å²) in [6, 6.07) is 16.5. The lowest BCUT2D eigenvalue weighted by Crippen LogP contribution is -2.41. The molecule has 0 aliphatic carbocycles. The van der Waals surface area contributed by atoms with Gasteiger partial charge in [-0.05, 0) is 30.3 Å². The van der Waals surface area contributed by atoms with Crippen molar-refractivity contribution in [3.8, 4) is 11.3 Å². The number of nitrogens with one attached hydrogen (secondary N) is 1. The molecule has 2 aromatic carbocycles. The molecule has 31 heavy (non-hydrogen) atoms. The zero-order valence-corrected chi connectivity index (χ0v) is 17.0. The minimum absolute atomic E-state index is 0.110. The zero-order valence-electron chi connectivity index (χ0n) is 16.2. The minimum Gasteiger partial charge on any atom is -0.353 e. The van der Waals surface area contributed by atoms with Gasteiger partial charge in [0.25, 0.3) is 17.4 Å². The van der Waals surface area contributed by atoms with E-state index in [2.05, 4.69) is 10.4 Å². The number of carbonyl (C=O) groups is 3. The van der Waals surface area contributed by atoms with Gasteiger partial charge < -0.3 is 5.32 Å². The van der Waals surface area contributed by atoms with E-state index in [0.717, 1.165) is 10.5 Å². The minimum atomic E-state index is -0.503. The highest BCUT2D eigenvalue weighted by molar-refractivity contribution is 6.30. The number of hydrogen-bond donors (Lipinski definition) is 1. The Morgan fingerprint density at radius 1 is 0.903 bits per heavy atom. The van der Waals surface area contributed by atoms with Crippen LogP contribution in [0.5, 0.6) is 0 Å². The maximum Gasteiger partial charge on any atom is 0.266 e. The van der Waals surface area contributed by atoms with Gasteiger partial charge >= 0.3 is 0 Å². The van der Waals surface area contributed by atoms with Crippen LogP contribution in [0, 0.1) is 0 Å². The van der Waals surface area contributed by atoms with Crippen LogP contribution in [0.25, 0.3) is 11.3 Å². The molecule has 156 valence electrons. The molecule has 2 heterocycles. The smallest absolute Gasteiger partial charge is 0.266 e. The summed E-state index contributed by atoms with van der Waals surface area (Å²) in [6.07, 6.45) is 0. The van der Waals surface area contributed by atoms with E-state index in [1.807, 2.05) is 0 Å². The second-order valence-corrected chi connectivity index (χ2v) is 7.32. The van der Waals surface area contributed by atoms with Gasteiger partial charge in [-0.15, -0.1) is 0 Å². The quantitative estimate of drug-likeness (QED) is 0.595. The molecule has 3 amide bonds. The highest BCUT2D eigenvalue weighted by atomic mass is 35.5. The fourth-order valence-corrected chi connectivity index (χ4v) is 3.39. The number of amides is 3. The fourth-order valence-electron chi connectivity index (χ4n) is 3.27. The summed E-state index contributed by atoms with van der Waals surface area (Å²) in [5, 5.41) is 7.53. The van der Waals surface area contributed by atoms with Crippen LogP contribution in [0.3, 0.4) is 0 Å². The van der Waals surface area contributed by atoms with Crippen LogP contribution in [0.2, 0.25) is 5.02 Å². The summed E-state index contributed by atoms with van der Waals surface area (Å²) in [6.45, 7) is -0.146. The van der Waals surface area contributed by atoms with E-state index < -0.39 is 17.7 Å². The highest BCUT2D eigenvalue weighted by Crippen LogP contribution is 2.22. The van der Waals surface area contributed by atoms with Crippen molar-refractivity contribution in [2.24, 2.45) is 0 Å². The molecule has 0 radical (unpaired) electrons. The van der Waals surface area contributed by atoms with E-state index in [1.54, 1.807) is 54.6 Å². The molecule has 0 unspecified atom stereocenters. The maximum atomic E-state index is 12.3. The fraction of sp³-hybridized carbons (Fsp3) is 0.136. The van der Waals surface area contributed by atoms with Crippen LogP contribution in [-0.2, 0) is 11.3 Å². The van der Waals surface area contributed by atoms with Crippen LogP contribution in [0.1, 0.15) is 20.7 Å². The first kappa shape index (κ1) is 20.5. The Kier molecular flexibility index (Phi) is 5.64. The number of aromatic nitrogens is 2. The molecule has 0 saturated heterocycles. The summed E-state index contributed by atoms with van der Waals surface area (Å²) < 4.78 is 1.24. The van der Waals surface area contributed by atoms with Gasteiger partial charge in [-0.1, -0.05) is 35.9 Å². The number of carbonyl (C=O) groups excluding carboxylic acids is 3. The van der Waals surface area contributed by atoms with E-state index in [9.17, 15) is 19.2 Å². The van der Waals surface area contributed by atoms with Crippen LogP contribution < -0.4 is 10.9 Å². The van der Waals surface area contributed by atoms with Crippen molar-refractivity contribution in [1.82, 2.24) is 20.0 Å². The average molecular weight is 437 g/mol. The van der Waals surface area contributed by atoms with Crippen LogP contribution >= 0.6 is 11.6 Å². The topological polar surface area (TPSA) is 101 Å². The van der Waals surface area contributed by atoms with Gasteiger partial charge in [-0.2, -0.15) is 5.10 Å². The van der Waals surface area contributed by atoms with E-state index in [4.69, 9.17) is 11.6 Å². The summed E-state index contributed by atoms with van der Waals surface area (Å²) >= 11 is 5.90. The number of nitrogens with zero attached hydrogens (tertiary/aromatic N) is 3. The zero-order chi connectivity index (χ0) is 22.0. The average Bonchev–Trinajstić information content (AvgIpc) is 3.01. The number of benzene rings is 2. The second-order valence-electron chi connectivity index (χ2n) is 6.88. The molecule has 9 heteroatoms. The Morgan fingerprint density at radius 3 is 2.19 bits per heavy atom. The summed E-state index contributed by atoms with van der Waals surface area (Å²) in [7, 11) is 0. The molecule has 1 N–H and O–H groups in total. The lowest BCUT2D eigenvalue weighted by molar-refractivity contribution is -0.121. The van der Waals surface area contributed by atoms with Crippen LogP contribution in [0.15, 0.2) is 65.5 Å². The molecule has 3 aromatic rings. The Balaban J connectivity index is 1.36. The number of rotatable bonds is 6. The molecule has 0 spiro atoms. The van der Waals surface area contributed by atoms with E-state index in [-0.39, 0.29) is 36.3 Å². The molecule has 4 rings (SSSR count). The van der Waals surface area contributed by atoms with Crippen molar-refractivity contribution in [3.63, 3.8) is 0 Å². The highest BCUT2D eigenvalue weighted by Gasteiger charge is 2.36. The molecule has 0 fully saturated rings. The predicted octanol–water partition coefficient (Wildman–Crippen LogP) is 1.98. The summed E-state index contributed by atoms with van der Waals surface area (Å²) in [5.41, 5.74) is 1.65. The number of hydrogen-bond acceptors (Lipinski definition) is 5. The Bertz CT molecular complexity index is 1200. The largest absolute Gasteiger partial charge is 0.353 e. The third kappa shape index (κ3) is 4.24. The molecule has 0 saturated carbocycles. The molecule has 1 aliphatic rings. The second kappa shape index (κ2) is 8.53. The lowest BCUT2D eigenvalue weighted by Gasteiger charge is -2.14. The van der Waals surface area contributed by atoms with Crippen molar-refractivity contribution in [1.29, 1.82) is 0 Å². The van der Waals surface area contributed by atoms with Crippen LogP contribution in [0.4, 0.5) is 0 Å². The monoisotopic (exact) mass is 436 g/mol. The van der Waals surface area contributed by atoms with Crippen molar-refractivity contribution >= 4 is 29.3 Å². The molecular weight excluding hydrogens is 420 g/mol. The molecule has 1 aliphatic heterocycles.